The van der Waals surface area contributed by atoms with E-state index in [9.17, 15) is 4.79 Å². The standard InChI is InChI=1S/C13H18N2O3/c1-13(4-7-18-8-5-13)9-15-11-10(12(16)17)3-2-6-14-11/h2-3,6H,4-5,7-9H2,1H3,(H,14,15)(H,16,17). The zero-order valence-electron chi connectivity index (χ0n) is 10.5. The van der Waals surface area contributed by atoms with Crippen LogP contribution < -0.4 is 5.32 Å². The Morgan fingerprint density at radius 2 is 2.28 bits per heavy atom. The molecule has 98 valence electrons. The maximum absolute atomic E-state index is 11.1. The fourth-order valence-corrected chi connectivity index (χ4v) is 2.06. The molecule has 1 aromatic rings. The van der Waals surface area contributed by atoms with Crippen LogP contribution >= 0.6 is 0 Å². The molecule has 0 amide bonds. The Labute approximate surface area is 106 Å². The van der Waals surface area contributed by atoms with E-state index >= 15 is 0 Å². The summed E-state index contributed by atoms with van der Waals surface area (Å²) < 4.78 is 5.34. The first-order valence-corrected chi connectivity index (χ1v) is 6.11. The molecule has 0 spiro atoms. The lowest BCUT2D eigenvalue weighted by Crippen LogP contribution is -2.33. The predicted octanol–water partition coefficient (Wildman–Crippen LogP) is 2.01. The highest BCUT2D eigenvalue weighted by molar-refractivity contribution is 5.92. The SMILES string of the molecule is CC1(CNc2ncccc2C(=O)O)CCOCC1. The summed E-state index contributed by atoms with van der Waals surface area (Å²) >= 11 is 0. The molecular weight excluding hydrogens is 232 g/mol. The molecular formula is C13H18N2O3. The molecule has 0 aliphatic carbocycles. The highest BCUT2D eigenvalue weighted by Crippen LogP contribution is 2.30. The summed E-state index contributed by atoms with van der Waals surface area (Å²) in [7, 11) is 0. The van der Waals surface area contributed by atoms with Crippen molar-refractivity contribution in [2.24, 2.45) is 5.41 Å². The molecule has 1 aromatic heterocycles. The lowest BCUT2D eigenvalue weighted by molar-refractivity contribution is 0.0299. The Kier molecular flexibility index (Phi) is 3.81. The first-order chi connectivity index (χ1) is 8.61. The van der Waals surface area contributed by atoms with Gasteiger partial charge in [0.25, 0.3) is 0 Å². The van der Waals surface area contributed by atoms with Gasteiger partial charge in [-0.2, -0.15) is 0 Å². The fourth-order valence-electron chi connectivity index (χ4n) is 2.06. The molecule has 1 aliphatic rings. The molecule has 0 saturated carbocycles. The van der Waals surface area contributed by atoms with Crippen LogP contribution in [0.25, 0.3) is 0 Å². The van der Waals surface area contributed by atoms with Gasteiger partial charge in [0.1, 0.15) is 11.4 Å². The van der Waals surface area contributed by atoms with E-state index in [-0.39, 0.29) is 11.0 Å². The van der Waals surface area contributed by atoms with E-state index in [2.05, 4.69) is 17.2 Å². The number of nitrogens with one attached hydrogen (secondary N) is 1. The Morgan fingerprint density at radius 1 is 1.56 bits per heavy atom. The lowest BCUT2D eigenvalue weighted by Gasteiger charge is -2.33. The van der Waals surface area contributed by atoms with Crippen molar-refractivity contribution in [3.8, 4) is 0 Å². The smallest absolute Gasteiger partial charge is 0.339 e. The van der Waals surface area contributed by atoms with Crippen LogP contribution in [-0.4, -0.2) is 35.8 Å². The second-order valence-electron chi connectivity index (χ2n) is 4.98. The van der Waals surface area contributed by atoms with E-state index in [1.54, 1.807) is 18.3 Å². The zero-order chi connectivity index (χ0) is 13.0. The summed E-state index contributed by atoms with van der Waals surface area (Å²) in [5, 5.41) is 12.2. The van der Waals surface area contributed by atoms with Crippen molar-refractivity contribution in [1.29, 1.82) is 0 Å². The quantitative estimate of drug-likeness (QED) is 0.855. The van der Waals surface area contributed by atoms with Gasteiger partial charge < -0.3 is 15.2 Å². The number of aromatic carboxylic acids is 1. The maximum Gasteiger partial charge on any atom is 0.339 e. The Hall–Kier alpha value is -1.62. The Balaban J connectivity index is 2.03. The molecule has 0 atom stereocenters. The number of hydrogen-bond acceptors (Lipinski definition) is 4. The number of rotatable bonds is 4. The van der Waals surface area contributed by atoms with Crippen LogP contribution in [0, 0.1) is 5.41 Å². The van der Waals surface area contributed by atoms with Crippen molar-refractivity contribution in [3.05, 3.63) is 23.9 Å². The number of aromatic nitrogens is 1. The Morgan fingerprint density at radius 3 is 2.94 bits per heavy atom. The summed E-state index contributed by atoms with van der Waals surface area (Å²) in [6.07, 6.45) is 3.56. The minimum atomic E-state index is -0.956. The number of carboxylic acid groups (broad SMARTS) is 1. The molecule has 1 saturated heterocycles. The first kappa shape index (κ1) is 12.8. The van der Waals surface area contributed by atoms with Gasteiger partial charge in [-0.1, -0.05) is 6.92 Å². The molecule has 2 rings (SSSR count). The van der Waals surface area contributed by atoms with Crippen LogP contribution in [0.4, 0.5) is 5.82 Å². The molecule has 0 radical (unpaired) electrons. The number of hydrogen-bond donors (Lipinski definition) is 2. The van der Waals surface area contributed by atoms with Crippen LogP contribution in [0.15, 0.2) is 18.3 Å². The molecule has 0 bridgehead atoms. The second kappa shape index (κ2) is 5.35. The molecule has 0 unspecified atom stereocenters. The summed E-state index contributed by atoms with van der Waals surface area (Å²) in [6.45, 7) is 4.44. The van der Waals surface area contributed by atoms with Crippen LogP contribution in [0.3, 0.4) is 0 Å². The summed E-state index contributed by atoms with van der Waals surface area (Å²) in [5.74, 6) is -0.513. The topological polar surface area (TPSA) is 71.5 Å². The molecule has 5 nitrogen and oxygen atoms in total. The lowest BCUT2D eigenvalue weighted by atomic mass is 9.82. The van der Waals surface area contributed by atoms with Crippen LogP contribution in [-0.2, 0) is 4.74 Å². The minimum Gasteiger partial charge on any atom is -0.478 e. The first-order valence-electron chi connectivity index (χ1n) is 6.11. The van der Waals surface area contributed by atoms with Crippen LogP contribution in [0.5, 0.6) is 0 Å². The fraction of sp³-hybridized carbons (Fsp3) is 0.538. The summed E-state index contributed by atoms with van der Waals surface area (Å²) in [5.41, 5.74) is 0.360. The molecule has 0 aromatic carbocycles. The van der Waals surface area contributed by atoms with Gasteiger partial charge in [-0.3, -0.25) is 0 Å². The van der Waals surface area contributed by atoms with E-state index in [4.69, 9.17) is 9.84 Å². The minimum absolute atomic E-state index is 0.144. The third-order valence-electron chi connectivity index (χ3n) is 3.42. The monoisotopic (exact) mass is 250 g/mol. The molecule has 1 aliphatic heterocycles. The second-order valence-corrected chi connectivity index (χ2v) is 4.98. The number of carboxylic acids is 1. The van der Waals surface area contributed by atoms with Gasteiger partial charge in [-0.05, 0) is 30.4 Å². The van der Waals surface area contributed by atoms with Gasteiger partial charge >= 0.3 is 5.97 Å². The van der Waals surface area contributed by atoms with E-state index in [0.717, 1.165) is 26.1 Å². The average molecular weight is 250 g/mol. The summed E-state index contributed by atoms with van der Waals surface area (Å²) in [4.78, 5) is 15.1. The van der Waals surface area contributed by atoms with Crippen molar-refractivity contribution in [3.63, 3.8) is 0 Å². The van der Waals surface area contributed by atoms with E-state index < -0.39 is 5.97 Å². The number of pyridine rings is 1. The number of nitrogens with zero attached hydrogens (tertiary/aromatic N) is 1. The molecule has 5 heteroatoms. The van der Waals surface area contributed by atoms with Gasteiger partial charge in [0.05, 0.1) is 0 Å². The van der Waals surface area contributed by atoms with Crippen LogP contribution in [0.1, 0.15) is 30.1 Å². The average Bonchev–Trinajstić information content (AvgIpc) is 2.38. The summed E-state index contributed by atoms with van der Waals surface area (Å²) in [6, 6.07) is 3.19. The van der Waals surface area contributed by atoms with Crippen molar-refractivity contribution < 1.29 is 14.6 Å². The largest absolute Gasteiger partial charge is 0.478 e. The van der Waals surface area contributed by atoms with Gasteiger partial charge in [-0.25, -0.2) is 9.78 Å². The zero-order valence-corrected chi connectivity index (χ0v) is 10.5. The van der Waals surface area contributed by atoms with Crippen LogP contribution in [0.2, 0.25) is 0 Å². The van der Waals surface area contributed by atoms with E-state index in [1.165, 1.54) is 0 Å². The normalized spacial score (nSPS) is 18.3. The van der Waals surface area contributed by atoms with Gasteiger partial charge in [0.15, 0.2) is 0 Å². The molecule has 18 heavy (non-hydrogen) atoms. The predicted molar refractivity (Wildman–Crippen MR) is 67.8 cm³/mol. The maximum atomic E-state index is 11.1. The third-order valence-corrected chi connectivity index (χ3v) is 3.42. The Bertz CT molecular complexity index is 428. The van der Waals surface area contributed by atoms with Crippen molar-refractivity contribution in [1.82, 2.24) is 4.98 Å². The van der Waals surface area contributed by atoms with Gasteiger partial charge in [0.2, 0.25) is 0 Å². The van der Waals surface area contributed by atoms with E-state index in [0.29, 0.717) is 12.4 Å². The van der Waals surface area contributed by atoms with Crippen molar-refractivity contribution in [2.75, 3.05) is 25.1 Å². The third kappa shape index (κ3) is 2.98. The molecule has 2 N–H and O–H groups in total. The van der Waals surface area contributed by atoms with Crippen molar-refractivity contribution >= 4 is 11.8 Å². The number of ether oxygens (including phenoxy) is 1. The number of carbonyl (C=O) groups is 1. The van der Waals surface area contributed by atoms with Gasteiger partial charge in [0, 0.05) is 26.0 Å². The van der Waals surface area contributed by atoms with Gasteiger partial charge in [-0.15, -0.1) is 0 Å². The molecule has 1 fully saturated rings. The highest BCUT2D eigenvalue weighted by atomic mass is 16.5. The molecule has 2 heterocycles. The number of anilines is 1. The van der Waals surface area contributed by atoms with Crippen molar-refractivity contribution in [2.45, 2.75) is 19.8 Å². The highest BCUT2D eigenvalue weighted by Gasteiger charge is 2.27. The van der Waals surface area contributed by atoms with E-state index in [1.807, 2.05) is 0 Å².